The lowest BCUT2D eigenvalue weighted by molar-refractivity contribution is -0.141. The normalized spacial score (nSPS) is 18.8. The van der Waals surface area contributed by atoms with E-state index in [1.165, 1.54) is 11.8 Å². The predicted molar refractivity (Wildman–Crippen MR) is 102 cm³/mol. The third-order valence-electron chi connectivity index (χ3n) is 4.37. The van der Waals surface area contributed by atoms with Crippen LogP contribution in [0.5, 0.6) is 5.75 Å². The van der Waals surface area contributed by atoms with Gasteiger partial charge in [0.1, 0.15) is 11.5 Å². The minimum atomic E-state index is -1.82. The van der Waals surface area contributed by atoms with E-state index in [0.29, 0.717) is 24.4 Å². The van der Waals surface area contributed by atoms with Gasteiger partial charge in [-0.2, -0.15) is 0 Å². The molecule has 136 valence electrons. The van der Waals surface area contributed by atoms with Crippen molar-refractivity contribution in [1.29, 1.82) is 0 Å². The Labute approximate surface area is 160 Å². The predicted octanol–water partition coefficient (Wildman–Crippen LogP) is 3.56. The summed E-state index contributed by atoms with van der Waals surface area (Å²) in [5, 5.41) is 11.0. The maximum absolute atomic E-state index is 13.0. The van der Waals surface area contributed by atoms with E-state index in [9.17, 15) is 14.7 Å². The molecule has 5 nitrogen and oxygen atoms in total. The number of carbonyl (C=O) groups is 2. The number of rotatable bonds is 6. The smallest absolute Gasteiger partial charge is 0.264 e. The second-order valence-corrected chi connectivity index (χ2v) is 7.28. The molecule has 1 atom stereocenters. The van der Waals surface area contributed by atoms with Gasteiger partial charge in [0.25, 0.3) is 5.91 Å². The van der Waals surface area contributed by atoms with Gasteiger partial charge in [0.05, 0.1) is 18.8 Å². The van der Waals surface area contributed by atoms with Gasteiger partial charge in [-0.25, -0.2) is 0 Å². The zero-order chi connectivity index (χ0) is 18.9. The summed E-state index contributed by atoms with van der Waals surface area (Å²) < 4.78 is 6.18. The average molecular weight is 418 g/mol. The molecule has 1 heterocycles. The van der Waals surface area contributed by atoms with Crippen LogP contribution in [0.15, 0.2) is 46.9 Å². The van der Waals surface area contributed by atoms with Crippen molar-refractivity contribution < 1.29 is 19.4 Å². The minimum absolute atomic E-state index is 0.241. The molecule has 1 aliphatic rings. The highest BCUT2D eigenvalue weighted by Gasteiger charge is 2.50. The summed E-state index contributed by atoms with van der Waals surface area (Å²) >= 11 is 3.37. The molecule has 2 aromatic carbocycles. The van der Waals surface area contributed by atoms with Gasteiger partial charge < -0.3 is 14.7 Å². The zero-order valence-electron chi connectivity index (χ0n) is 14.7. The van der Waals surface area contributed by atoms with Gasteiger partial charge >= 0.3 is 0 Å². The van der Waals surface area contributed by atoms with Crippen LogP contribution < -0.4 is 9.64 Å². The third-order valence-corrected chi connectivity index (χ3v) is 4.87. The number of Topliss-reactive ketones (excluding diaryl/α,β-unsaturated/α-hetero) is 1. The molecule has 3 rings (SSSR count). The van der Waals surface area contributed by atoms with Crippen LogP contribution in [0.1, 0.15) is 31.4 Å². The summed E-state index contributed by atoms with van der Waals surface area (Å²) in [5.41, 5.74) is 0.160. The fraction of sp³-hybridized carbons (Fsp3) is 0.300. The highest BCUT2D eigenvalue weighted by Crippen LogP contribution is 2.44. The number of ketones is 1. The number of hydrogen-bond donors (Lipinski definition) is 1. The molecule has 0 saturated heterocycles. The first-order valence-electron chi connectivity index (χ1n) is 8.40. The van der Waals surface area contributed by atoms with Crippen molar-refractivity contribution in [2.75, 3.05) is 11.5 Å². The first-order chi connectivity index (χ1) is 12.3. The number of carbonyl (C=O) groups excluding carboxylic acids is 2. The van der Waals surface area contributed by atoms with E-state index in [2.05, 4.69) is 15.9 Å². The molecule has 0 bridgehead atoms. The number of benzene rings is 2. The molecule has 0 spiro atoms. The van der Waals surface area contributed by atoms with Crippen molar-refractivity contribution in [1.82, 2.24) is 0 Å². The Hall–Kier alpha value is -2.18. The van der Waals surface area contributed by atoms with E-state index in [1.807, 2.05) is 37.3 Å². The van der Waals surface area contributed by atoms with Crippen LogP contribution in [0.3, 0.4) is 0 Å². The van der Waals surface area contributed by atoms with E-state index >= 15 is 0 Å². The van der Waals surface area contributed by atoms with Crippen LogP contribution in [-0.2, 0) is 21.7 Å². The number of fused-ring (bicyclic) bond motifs is 1. The van der Waals surface area contributed by atoms with Crippen LogP contribution in [-0.4, -0.2) is 23.4 Å². The largest absolute Gasteiger partial charge is 0.494 e. The molecule has 1 aliphatic heterocycles. The Bertz CT molecular complexity index is 849. The Balaban J connectivity index is 1.95. The standard InChI is InChI=1S/C20H20BrNO4/c1-3-26-16-7-4-14(5-8-16)12-22-18-9-6-15(21)10-17(18)20(25,19(22)24)11-13(2)23/h4-10,25H,3,11-12H2,1-2H3/t20-/m1/s1. The lowest BCUT2D eigenvalue weighted by atomic mass is 9.90. The van der Waals surface area contributed by atoms with Gasteiger partial charge in [-0.3, -0.25) is 9.59 Å². The molecule has 2 aromatic rings. The molecule has 6 heteroatoms. The summed E-state index contributed by atoms with van der Waals surface area (Å²) in [7, 11) is 0. The molecule has 1 amide bonds. The lowest BCUT2D eigenvalue weighted by Gasteiger charge is -2.22. The summed E-state index contributed by atoms with van der Waals surface area (Å²) in [6, 6.07) is 12.8. The van der Waals surface area contributed by atoms with Crippen molar-refractivity contribution in [2.45, 2.75) is 32.4 Å². The van der Waals surface area contributed by atoms with Crippen molar-refractivity contribution >= 4 is 33.3 Å². The summed E-state index contributed by atoms with van der Waals surface area (Å²) in [6.07, 6.45) is -0.241. The quantitative estimate of drug-likeness (QED) is 0.779. The minimum Gasteiger partial charge on any atom is -0.494 e. The maximum atomic E-state index is 13.0. The second-order valence-electron chi connectivity index (χ2n) is 6.37. The number of amides is 1. The number of ether oxygens (including phenoxy) is 1. The van der Waals surface area contributed by atoms with E-state index in [1.54, 1.807) is 12.1 Å². The van der Waals surface area contributed by atoms with Crippen LogP contribution in [0.4, 0.5) is 5.69 Å². The fourth-order valence-electron chi connectivity index (χ4n) is 3.25. The Morgan fingerprint density at radius 3 is 2.54 bits per heavy atom. The van der Waals surface area contributed by atoms with Gasteiger partial charge in [0, 0.05) is 16.5 Å². The van der Waals surface area contributed by atoms with E-state index in [0.717, 1.165) is 15.8 Å². The molecule has 0 aliphatic carbocycles. The number of halogens is 1. The molecule has 0 aromatic heterocycles. The molecular weight excluding hydrogens is 398 g/mol. The molecule has 26 heavy (non-hydrogen) atoms. The van der Waals surface area contributed by atoms with Gasteiger partial charge in [0.2, 0.25) is 0 Å². The highest BCUT2D eigenvalue weighted by atomic mass is 79.9. The van der Waals surface area contributed by atoms with Crippen molar-refractivity contribution in [3.63, 3.8) is 0 Å². The third kappa shape index (κ3) is 3.39. The molecule has 0 radical (unpaired) electrons. The fourth-order valence-corrected chi connectivity index (χ4v) is 3.61. The highest BCUT2D eigenvalue weighted by molar-refractivity contribution is 9.10. The van der Waals surface area contributed by atoms with Gasteiger partial charge in [-0.15, -0.1) is 0 Å². The Morgan fingerprint density at radius 1 is 1.23 bits per heavy atom. The Kier molecular flexibility index (Phi) is 5.16. The van der Waals surface area contributed by atoms with Crippen LogP contribution in [0.2, 0.25) is 0 Å². The van der Waals surface area contributed by atoms with Crippen molar-refractivity contribution in [3.05, 3.63) is 58.1 Å². The molecule has 0 fully saturated rings. The lowest BCUT2D eigenvalue weighted by Crippen LogP contribution is -2.41. The number of nitrogens with zero attached hydrogens (tertiary/aromatic N) is 1. The molecule has 0 saturated carbocycles. The number of anilines is 1. The van der Waals surface area contributed by atoms with Crippen molar-refractivity contribution in [2.24, 2.45) is 0 Å². The van der Waals surface area contributed by atoms with Crippen LogP contribution in [0, 0.1) is 0 Å². The van der Waals surface area contributed by atoms with Crippen LogP contribution in [0.25, 0.3) is 0 Å². The molecular formula is C20H20BrNO4. The summed E-state index contributed by atoms with van der Waals surface area (Å²) in [4.78, 5) is 26.2. The van der Waals surface area contributed by atoms with Gasteiger partial charge in [-0.05, 0) is 49.7 Å². The second kappa shape index (κ2) is 7.21. The van der Waals surface area contributed by atoms with Crippen LogP contribution >= 0.6 is 15.9 Å². The maximum Gasteiger partial charge on any atom is 0.264 e. The number of aliphatic hydroxyl groups is 1. The summed E-state index contributed by atoms with van der Waals surface area (Å²) in [6.45, 7) is 4.18. The van der Waals surface area contributed by atoms with Gasteiger partial charge in [0.15, 0.2) is 5.60 Å². The monoisotopic (exact) mass is 417 g/mol. The number of hydrogen-bond acceptors (Lipinski definition) is 4. The first-order valence-corrected chi connectivity index (χ1v) is 9.20. The van der Waals surface area contributed by atoms with Crippen molar-refractivity contribution in [3.8, 4) is 5.75 Å². The zero-order valence-corrected chi connectivity index (χ0v) is 16.2. The topological polar surface area (TPSA) is 66.8 Å². The SMILES string of the molecule is CCOc1ccc(CN2C(=O)[C@@](O)(CC(C)=O)c3cc(Br)ccc32)cc1. The summed E-state index contributed by atoms with van der Waals surface area (Å²) in [5.74, 6) is 0.0470. The van der Waals surface area contributed by atoms with E-state index < -0.39 is 11.5 Å². The van der Waals surface area contributed by atoms with Gasteiger partial charge in [-0.1, -0.05) is 28.1 Å². The van der Waals surface area contributed by atoms with E-state index in [-0.39, 0.29) is 12.2 Å². The average Bonchev–Trinajstić information content (AvgIpc) is 2.78. The Morgan fingerprint density at radius 2 is 1.92 bits per heavy atom. The molecule has 0 unspecified atom stereocenters. The molecule has 1 N–H and O–H groups in total. The van der Waals surface area contributed by atoms with E-state index in [4.69, 9.17) is 4.74 Å². The first kappa shape index (κ1) is 18.6.